The van der Waals surface area contributed by atoms with Gasteiger partial charge in [0.2, 0.25) is 0 Å². The first-order chi connectivity index (χ1) is 13.4. The van der Waals surface area contributed by atoms with Gasteiger partial charge in [0.25, 0.3) is 11.5 Å². The molecular weight excluding hydrogens is 358 g/mol. The molecule has 28 heavy (non-hydrogen) atoms. The van der Waals surface area contributed by atoms with Crippen LogP contribution in [0, 0.1) is 6.92 Å². The van der Waals surface area contributed by atoms with Crippen LogP contribution in [0.4, 0.5) is 0 Å². The van der Waals surface area contributed by atoms with E-state index in [4.69, 9.17) is 4.98 Å². The van der Waals surface area contributed by atoms with Crippen molar-refractivity contribution in [1.82, 2.24) is 24.0 Å². The number of carbonyl (C=O) groups is 1. The second kappa shape index (κ2) is 6.78. The Bertz CT molecular complexity index is 1190. The number of piperidine rings is 1. The van der Waals surface area contributed by atoms with Gasteiger partial charge in [-0.2, -0.15) is 0 Å². The van der Waals surface area contributed by atoms with Gasteiger partial charge in [-0.1, -0.05) is 12.1 Å². The van der Waals surface area contributed by atoms with Crippen LogP contribution in [0.3, 0.4) is 0 Å². The molecule has 1 amide bonds. The summed E-state index contributed by atoms with van der Waals surface area (Å²) in [7, 11) is 2.91. The van der Waals surface area contributed by atoms with Crippen LogP contribution in [0.5, 0.6) is 0 Å². The van der Waals surface area contributed by atoms with E-state index in [0.29, 0.717) is 13.1 Å². The number of likely N-dealkylation sites (tertiary alicyclic amines) is 1. The Morgan fingerprint density at radius 3 is 2.75 bits per heavy atom. The van der Waals surface area contributed by atoms with Crippen molar-refractivity contribution in [3.8, 4) is 0 Å². The maximum atomic E-state index is 13.0. The Morgan fingerprint density at radius 2 is 2.00 bits per heavy atom. The van der Waals surface area contributed by atoms with Crippen LogP contribution in [0.15, 0.2) is 33.9 Å². The number of aromatic amines is 1. The van der Waals surface area contributed by atoms with Crippen LogP contribution in [-0.4, -0.2) is 43.0 Å². The minimum atomic E-state index is -0.503. The summed E-state index contributed by atoms with van der Waals surface area (Å²) in [5.41, 5.74) is 2.19. The van der Waals surface area contributed by atoms with E-state index in [9.17, 15) is 14.4 Å². The number of aryl methyl sites for hydroxylation is 1. The Morgan fingerprint density at radius 1 is 1.21 bits per heavy atom. The normalized spacial score (nSPS) is 17.2. The Balaban J connectivity index is 1.63. The Kier molecular flexibility index (Phi) is 4.41. The third kappa shape index (κ3) is 2.94. The highest BCUT2D eigenvalue weighted by molar-refractivity contribution is 5.92. The molecule has 8 heteroatoms. The first-order valence-electron chi connectivity index (χ1n) is 9.38. The molecular formula is C20H23N5O3. The maximum absolute atomic E-state index is 13.0. The molecule has 0 radical (unpaired) electrons. The number of hydrogen-bond donors (Lipinski definition) is 1. The molecule has 1 N–H and O–H groups in total. The standard InChI is InChI=1S/C20H23N5O3/c1-12-6-4-8-14-17(12)22-18(21-14)13-7-5-9-25(11-13)19(27)15-10-16(26)24(3)20(28)23(15)2/h4,6,8,10,13H,5,7,9,11H2,1-3H3,(H,21,22)/t13-/m1/s1. The molecule has 0 spiro atoms. The number of rotatable bonds is 2. The summed E-state index contributed by atoms with van der Waals surface area (Å²) in [4.78, 5) is 47.0. The Hall–Kier alpha value is -3.16. The minimum absolute atomic E-state index is 0.0908. The zero-order valence-corrected chi connectivity index (χ0v) is 16.2. The number of fused-ring (bicyclic) bond motifs is 1. The molecule has 4 rings (SSSR count). The number of carbonyl (C=O) groups excluding carboxylic acids is 1. The van der Waals surface area contributed by atoms with E-state index in [-0.39, 0.29) is 17.5 Å². The molecule has 3 heterocycles. The third-order valence-corrected chi connectivity index (χ3v) is 5.57. The van der Waals surface area contributed by atoms with Crippen molar-refractivity contribution < 1.29 is 4.79 Å². The van der Waals surface area contributed by atoms with Crippen LogP contribution in [0.25, 0.3) is 11.0 Å². The number of H-pyrrole nitrogens is 1. The number of imidazole rings is 1. The largest absolute Gasteiger partial charge is 0.342 e. The molecule has 1 aliphatic rings. The van der Waals surface area contributed by atoms with Crippen molar-refractivity contribution in [1.29, 1.82) is 0 Å². The van der Waals surface area contributed by atoms with Crippen LogP contribution >= 0.6 is 0 Å². The van der Waals surface area contributed by atoms with Crippen LogP contribution in [0.2, 0.25) is 0 Å². The lowest BCUT2D eigenvalue weighted by Crippen LogP contribution is -2.44. The smallest absolute Gasteiger partial charge is 0.331 e. The number of para-hydroxylation sites is 1. The summed E-state index contributed by atoms with van der Waals surface area (Å²) in [6, 6.07) is 7.25. The van der Waals surface area contributed by atoms with Gasteiger partial charge in [-0.3, -0.25) is 18.7 Å². The van der Waals surface area contributed by atoms with Crippen molar-refractivity contribution in [3.05, 3.63) is 62.2 Å². The zero-order valence-electron chi connectivity index (χ0n) is 16.2. The molecule has 0 saturated carbocycles. The number of nitrogens with one attached hydrogen (secondary N) is 1. The molecule has 1 aliphatic heterocycles. The predicted molar refractivity (Wildman–Crippen MR) is 106 cm³/mol. The fraction of sp³-hybridized carbons (Fsp3) is 0.400. The summed E-state index contributed by atoms with van der Waals surface area (Å²) in [5.74, 6) is 0.669. The molecule has 8 nitrogen and oxygen atoms in total. The zero-order chi connectivity index (χ0) is 20.0. The number of amides is 1. The van der Waals surface area contributed by atoms with Gasteiger partial charge in [0, 0.05) is 39.2 Å². The molecule has 1 fully saturated rings. The first kappa shape index (κ1) is 18.2. The van der Waals surface area contributed by atoms with Crippen LogP contribution < -0.4 is 11.2 Å². The summed E-state index contributed by atoms with van der Waals surface area (Å²) in [6.45, 7) is 3.12. The molecule has 0 aliphatic carbocycles. The minimum Gasteiger partial charge on any atom is -0.342 e. The highest BCUT2D eigenvalue weighted by Gasteiger charge is 2.29. The quantitative estimate of drug-likeness (QED) is 0.724. The summed E-state index contributed by atoms with van der Waals surface area (Å²) in [6.07, 6.45) is 1.77. The lowest BCUT2D eigenvalue weighted by Gasteiger charge is -2.32. The monoisotopic (exact) mass is 381 g/mol. The number of aromatic nitrogens is 4. The van der Waals surface area contributed by atoms with Gasteiger partial charge in [-0.05, 0) is 31.4 Å². The van der Waals surface area contributed by atoms with Crippen molar-refractivity contribution in [3.63, 3.8) is 0 Å². The van der Waals surface area contributed by atoms with Gasteiger partial charge in [0.1, 0.15) is 11.5 Å². The average Bonchev–Trinajstić information content (AvgIpc) is 3.14. The number of nitrogens with zero attached hydrogens (tertiary/aromatic N) is 4. The van der Waals surface area contributed by atoms with Gasteiger partial charge >= 0.3 is 5.69 Å². The fourth-order valence-electron chi connectivity index (χ4n) is 3.87. The van der Waals surface area contributed by atoms with Gasteiger partial charge in [-0.25, -0.2) is 9.78 Å². The lowest BCUT2D eigenvalue weighted by atomic mass is 9.97. The molecule has 2 aromatic heterocycles. The van der Waals surface area contributed by atoms with Crippen LogP contribution in [0.1, 0.15) is 40.6 Å². The van der Waals surface area contributed by atoms with E-state index >= 15 is 0 Å². The predicted octanol–water partition coefficient (Wildman–Crippen LogP) is 1.29. The SMILES string of the molecule is Cc1cccc2[nH]c([C@@H]3CCCN(C(=O)c4cc(=O)n(C)c(=O)n4C)C3)nc12. The van der Waals surface area contributed by atoms with Gasteiger partial charge in [0.15, 0.2) is 0 Å². The van der Waals surface area contributed by atoms with E-state index in [0.717, 1.165) is 39.8 Å². The van der Waals surface area contributed by atoms with Crippen LogP contribution in [-0.2, 0) is 14.1 Å². The molecule has 1 atom stereocenters. The summed E-state index contributed by atoms with van der Waals surface area (Å²) in [5, 5.41) is 0. The van der Waals surface area contributed by atoms with Crippen molar-refractivity contribution in [2.45, 2.75) is 25.7 Å². The first-order valence-corrected chi connectivity index (χ1v) is 9.38. The summed E-state index contributed by atoms with van der Waals surface area (Å²) >= 11 is 0. The molecule has 1 saturated heterocycles. The van der Waals surface area contributed by atoms with E-state index < -0.39 is 11.2 Å². The molecule has 146 valence electrons. The van der Waals surface area contributed by atoms with Crippen molar-refractivity contribution >= 4 is 16.9 Å². The highest BCUT2D eigenvalue weighted by atomic mass is 16.2. The van der Waals surface area contributed by atoms with E-state index in [1.807, 2.05) is 25.1 Å². The van der Waals surface area contributed by atoms with Crippen molar-refractivity contribution in [2.75, 3.05) is 13.1 Å². The second-order valence-corrected chi connectivity index (χ2v) is 7.45. The summed E-state index contributed by atoms with van der Waals surface area (Å²) < 4.78 is 2.23. The highest BCUT2D eigenvalue weighted by Crippen LogP contribution is 2.28. The number of hydrogen-bond acceptors (Lipinski definition) is 4. The second-order valence-electron chi connectivity index (χ2n) is 7.45. The van der Waals surface area contributed by atoms with E-state index in [2.05, 4.69) is 4.98 Å². The topological polar surface area (TPSA) is 93.0 Å². The molecule has 3 aromatic rings. The van der Waals surface area contributed by atoms with Gasteiger partial charge in [-0.15, -0.1) is 0 Å². The maximum Gasteiger partial charge on any atom is 0.331 e. The number of benzene rings is 1. The average molecular weight is 381 g/mol. The van der Waals surface area contributed by atoms with Crippen molar-refractivity contribution in [2.24, 2.45) is 14.1 Å². The molecule has 0 bridgehead atoms. The third-order valence-electron chi connectivity index (χ3n) is 5.57. The molecule has 1 aromatic carbocycles. The van der Waals surface area contributed by atoms with E-state index in [1.54, 1.807) is 4.90 Å². The van der Waals surface area contributed by atoms with Gasteiger partial charge < -0.3 is 9.88 Å². The van der Waals surface area contributed by atoms with E-state index in [1.165, 1.54) is 24.7 Å². The molecule has 0 unspecified atom stereocenters. The lowest BCUT2D eigenvalue weighted by molar-refractivity contribution is 0.0692. The fourth-order valence-corrected chi connectivity index (χ4v) is 3.87. The van der Waals surface area contributed by atoms with Gasteiger partial charge in [0.05, 0.1) is 11.0 Å². The Labute approximate surface area is 161 Å².